The number of aromatic nitrogens is 2. The predicted octanol–water partition coefficient (Wildman–Crippen LogP) is 2.64. The Kier molecular flexibility index (Phi) is 4.06. The third kappa shape index (κ3) is 3.48. The number of hydrogen-bond acceptors (Lipinski definition) is 3. The van der Waals surface area contributed by atoms with Crippen LogP contribution in [0.2, 0.25) is 5.02 Å². The third-order valence-electron chi connectivity index (χ3n) is 2.68. The van der Waals surface area contributed by atoms with Crippen molar-refractivity contribution in [1.82, 2.24) is 9.78 Å². The van der Waals surface area contributed by atoms with Gasteiger partial charge in [0.05, 0.1) is 22.9 Å². The van der Waals surface area contributed by atoms with Crippen molar-refractivity contribution < 1.29 is 4.79 Å². The molecule has 2 aromatic rings. The van der Waals surface area contributed by atoms with E-state index in [4.69, 9.17) is 11.6 Å². The van der Waals surface area contributed by atoms with Crippen LogP contribution in [0.5, 0.6) is 0 Å². The normalized spacial score (nSPS) is 10.3. The Morgan fingerprint density at radius 1 is 1.42 bits per heavy atom. The zero-order chi connectivity index (χ0) is 13.8. The van der Waals surface area contributed by atoms with Gasteiger partial charge in [0.2, 0.25) is 5.91 Å². The van der Waals surface area contributed by atoms with Gasteiger partial charge in [0.15, 0.2) is 0 Å². The minimum absolute atomic E-state index is 0.141. The molecule has 1 amide bonds. The molecule has 0 aliphatic rings. The Morgan fingerprint density at radius 2 is 2.21 bits per heavy atom. The van der Waals surface area contributed by atoms with Crippen molar-refractivity contribution in [3.8, 4) is 0 Å². The van der Waals surface area contributed by atoms with Crippen LogP contribution in [0.15, 0.2) is 30.5 Å². The number of carbonyl (C=O) groups is 1. The number of nitrogens with zero attached hydrogens (tertiary/aromatic N) is 2. The Bertz CT molecular complexity index is 594. The van der Waals surface area contributed by atoms with E-state index in [0.717, 1.165) is 11.4 Å². The van der Waals surface area contributed by atoms with Crippen molar-refractivity contribution >= 4 is 28.9 Å². The Balaban J connectivity index is 2.04. The summed E-state index contributed by atoms with van der Waals surface area (Å²) >= 11 is 6.09. The van der Waals surface area contributed by atoms with Gasteiger partial charge in [-0.2, -0.15) is 5.10 Å². The fourth-order valence-electron chi connectivity index (χ4n) is 1.68. The second-order valence-corrected chi connectivity index (χ2v) is 4.58. The summed E-state index contributed by atoms with van der Waals surface area (Å²) < 4.78 is 1.81. The first kappa shape index (κ1) is 13.4. The van der Waals surface area contributed by atoms with Crippen LogP contribution in [-0.4, -0.2) is 15.7 Å². The van der Waals surface area contributed by atoms with Crippen molar-refractivity contribution in [1.29, 1.82) is 0 Å². The molecule has 2 N–H and O–H groups in total. The summed E-state index contributed by atoms with van der Waals surface area (Å²) in [4.78, 5) is 11.0. The van der Waals surface area contributed by atoms with Crippen molar-refractivity contribution in [2.45, 2.75) is 13.5 Å². The van der Waals surface area contributed by atoms with E-state index < -0.39 is 0 Å². The zero-order valence-corrected chi connectivity index (χ0v) is 11.5. The largest absolute Gasteiger partial charge is 0.379 e. The second-order valence-electron chi connectivity index (χ2n) is 4.18. The van der Waals surface area contributed by atoms with Crippen LogP contribution in [0.3, 0.4) is 0 Å². The van der Waals surface area contributed by atoms with Gasteiger partial charge in [-0.3, -0.25) is 9.48 Å². The van der Waals surface area contributed by atoms with Gasteiger partial charge >= 0.3 is 0 Å². The Labute approximate surface area is 116 Å². The van der Waals surface area contributed by atoms with E-state index in [1.165, 1.54) is 6.92 Å². The van der Waals surface area contributed by atoms with Gasteiger partial charge in [-0.1, -0.05) is 11.6 Å². The number of aryl methyl sites for hydroxylation is 1. The minimum Gasteiger partial charge on any atom is -0.379 e. The molecule has 0 saturated heterocycles. The monoisotopic (exact) mass is 278 g/mol. The standard InChI is InChI=1S/C13H15ClN4O/c1-9(19)17-13-4-3-10(7-12(13)14)15-8-11-5-6-16-18(11)2/h3-7,15H,8H2,1-2H3,(H,17,19). The van der Waals surface area contributed by atoms with E-state index in [0.29, 0.717) is 17.3 Å². The van der Waals surface area contributed by atoms with Gasteiger partial charge < -0.3 is 10.6 Å². The fourth-order valence-corrected chi connectivity index (χ4v) is 1.91. The number of halogens is 1. The first-order valence-electron chi connectivity index (χ1n) is 5.84. The molecule has 0 radical (unpaired) electrons. The van der Waals surface area contributed by atoms with E-state index in [-0.39, 0.29) is 5.91 Å². The lowest BCUT2D eigenvalue weighted by Crippen LogP contribution is -2.07. The van der Waals surface area contributed by atoms with Crippen molar-refractivity contribution in [3.63, 3.8) is 0 Å². The smallest absolute Gasteiger partial charge is 0.221 e. The fraction of sp³-hybridized carbons (Fsp3) is 0.231. The maximum atomic E-state index is 11.0. The van der Waals surface area contributed by atoms with E-state index in [1.54, 1.807) is 23.0 Å². The van der Waals surface area contributed by atoms with Crippen LogP contribution >= 0.6 is 11.6 Å². The lowest BCUT2D eigenvalue weighted by atomic mass is 10.2. The molecule has 2 rings (SSSR count). The molecule has 0 bridgehead atoms. The number of carbonyl (C=O) groups excluding carboxylic acids is 1. The van der Waals surface area contributed by atoms with E-state index in [9.17, 15) is 4.79 Å². The number of hydrogen-bond donors (Lipinski definition) is 2. The van der Waals surface area contributed by atoms with Crippen LogP contribution in [-0.2, 0) is 18.4 Å². The van der Waals surface area contributed by atoms with E-state index >= 15 is 0 Å². The number of benzene rings is 1. The molecule has 0 aliphatic carbocycles. The maximum absolute atomic E-state index is 11.0. The number of nitrogens with one attached hydrogen (secondary N) is 2. The van der Waals surface area contributed by atoms with Crippen LogP contribution in [0.4, 0.5) is 11.4 Å². The molecular formula is C13H15ClN4O. The molecule has 0 atom stereocenters. The number of anilines is 2. The summed E-state index contributed by atoms with van der Waals surface area (Å²) in [7, 11) is 1.89. The number of rotatable bonds is 4. The van der Waals surface area contributed by atoms with Crippen LogP contribution in [0, 0.1) is 0 Å². The maximum Gasteiger partial charge on any atom is 0.221 e. The molecule has 1 aromatic carbocycles. The SMILES string of the molecule is CC(=O)Nc1ccc(NCc2ccnn2C)cc1Cl. The summed E-state index contributed by atoms with van der Waals surface area (Å²) in [5.74, 6) is -0.141. The average Bonchev–Trinajstić information content (AvgIpc) is 2.75. The van der Waals surface area contributed by atoms with Crippen molar-refractivity contribution in [2.24, 2.45) is 7.05 Å². The van der Waals surface area contributed by atoms with Gasteiger partial charge in [0, 0.05) is 25.9 Å². The molecule has 6 heteroatoms. The summed E-state index contributed by atoms with van der Waals surface area (Å²) in [5.41, 5.74) is 2.57. The summed E-state index contributed by atoms with van der Waals surface area (Å²) in [6.45, 7) is 2.11. The van der Waals surface area contributed by atoms with Gasteiger partial charge in [0.25, 0.3) is 0 Å². The van der Waals surface area contributed by atoms with Gasteiger partial charge in [0.1, 0.15) is 0 Å². The molecule has 0 unspecified atom stereocenters. The lowest BCUT2D eigenvalue weighted by molar-refractivity contribution is -0.114. The zero-order valence-electron chi connectivity index (χ0n) is 10.8. The van der Waals surface area contributed by atoms with Crippen molar-refractivity contribution in [2.75, 3.05) is 10.6 Å². The van der Waals surface area contributed by atoms with Crippen LogP contribution in [0.25, 0.3) is 0 Å². The summed E-state index contributed by atoms with van der Waals surface area (Å²) in [6, 6.07) is 7.37. The predicted molar refractivity (Wildman–Crippen MR) is 76.3 cm³/mol. The Morgan fingerprint density at radius 3 is 2.79 bits per heavy atom. The molecule has 1 heterocycles. The molecule has 0 spiro atoms. The molecule has 0 fully saturated rings. The molecule has 5 nitrogen and oxygen atoms in total. The second kappa shape index (κ2) is 5.75. The van der Waals surface area contributed by atoms with Crippen molar-refractivity contribution in [3.05, 3.63) is 41.2 Å². The third-order valence-corrected chi connectivity index (χ3v) is 2.99. The van der Waals surface area contributed by atoms with Crippen LogP contribution < -0.4 is 10.6 Å². The molecular weight excluding hydrogens is 264 g/mol. The Hall–Kier alpha value is -2.01. The molecule has 100 valence electrons. The lowest BCUT2D eigenvalue weighted by Gasteiger charge is -2.10. The summed E-state index contributed by atoms with van der Waals surface area (Å²) in [5, 5.41) is 10.5. The minimum atomic E-state index is -0.141. The van der Waals surface area contributed by atoms with Gasteiger partial charge in [-0.15, -0.1) is 0 Å². The first-order chi connectivity index (χ1) is 9.06. The summed E-state index contributed by atoms with van der Waals surface area (Å²) in [6.07, 6.45) is 1.75. The van der Waals surface area contributed by atoms with Crippen LogP contribution in [0.1, 0.15) is 12.6 Å². The van der Waals surface area contributed by atoms with Gasteiger partial charge in [-0.05, 0) is 24.3 Å². The highest BCUT2D eigenvalue weighted by molar-refractivity contribution is 6.34. The molecule has 19 heavy (non-hydrogen) atoms. The first-order valence-corrected chi connectivity index (χ1v) is 6.22. The van der Waals surface area contributed by atoms with Gasteiger partial charge in [-0.25, -0.2) is 0 Å². The molecule has 1 aromatic heterocycles. The quantitative estimate of drug-likeness (QED) is 0.904. The highest BCUT2D eigenvalue weighted by Gasteiger charge is 2.04. The molecule has 0 saturated carbocycles. The average molecular weight is 279 g/mol. The van der Waals surface area contributed by atoms with E-state index in [2.05, 4.69) is 15.7 Å². The topological polar surface area (TPSA) is 59.0 Å². The number of amides is 1. The van der Waals surface area contributed by atoms with E-state index in [1.807, 2.05) is 19.2 Å². The highest BCUT2D eigenvalue weighted by atomic mass is 35.5. The molecule has 0 aliphatic heterocycles. The highest BCUT2D eigenvalue weighted by Crippen LogP contribution is 2.25.